The number of rotatable bonds is 3. The third kappa shape index (κ3) is 2.93. The molecule has 2 heterocycles. The summed E-state index contributed by atoms with van der Waals surface area (Å²) in [6.45, 7) is 0.118. The number of para-hydroxylation sites is 2. The summed E-state index contributed by atoms with van der Waals surface area (Å²) in [6, 6.07) is 15.8. The number of aryl methyl sites for hydroxylation is 1. The van der Waals surface area contributed by atoms with E-state index in [1.54, 1.807) is 0 Å². The second-order valence-electron chi connectivity index (χ2n) is 6.96. The molecule has 0 saturated heterocycles. The Morgan fingerprint density at radius 1 is 1.11 bits per heavy atom. The normalized spacial score (nSPS) is 13.6. The van der Waals surface area contributed by atoms with Crippen LogP contribution in [0.25, 0.3) is 21.1 Å². The monoisotopic (exact) mass is 406 g/mol. The fourth-order valence-electron chi connectivity index (χ4n) is 3.94. The minimum Gasteiger partial charge on any atom is -0.440 e. The van der Waals surface area contributed by atoms with Crippen molar-refractivity contribution in [3.63, 3.8) is 0 Å². The van der Waals surface area contributed by atoms with Gasteiger partial charge in [0.15, 0.2) is 10.7 Å². The van der Waals surface area contributed by atoms with Crippen molar-refractivity contribution in [3.8, 4) is 0 Å². The van der Waals surface area contributed by atoms with E-state index in [1.165, 1.54) is 11.3 Å². The molecule has 140 valence electrons. The van der Waals surface area contributed by atoms with Gasteiger partial charge in [0.2, 0.25) is 0 Å². The number of hydrogen-bond acceptors (Lipinski definition) is 5. The number of carbonyl (C=O) groups is 1. The van der Waals surface area contributed by atoms with E-state index in [0.29, 0.717) is 9.52 Å². The van der Waals surface area contributed by atoms with Crippen molar-refractivity contribution in [2.45, 2.75) is 32.4 Å². The molecule has 5 rings (SSSR count). The van der Waals surface area contributed by atoms with Crippen LogP contribution in [0.2, 0.25) is 0 Å². The summed E-state index contributed by atoms with van der Waals surface area (Å²) >= 11 is 7.00. The van der Waals surface area contributed by atoms with Crippen LogP contribution >= 0.6 is 23.6 Å². The first-order chi connectivity index (χ1) is 13.7. The van der Waals surface area contributed by atoms with Crippen LogP contribution in [0.4, 0.5) is 0 Å². The second-order valence-corrected chi connectivity index (χ2v) is 8.64. The molecule has 0 atom stereocenters. The van der Waals surface area contributed by atoms with Crippen molar-refractivity contribution in [1.82, 2.24) is 9.55 Å². The first-order valence-corrected chi connectivity index (χ1v) is 10.6. The van der Waals surface area contributed by atoms with Crippen LogP contribution in [0, 0.1) is 3.95 Å². The van der Waals surface area contributed by atoms with Crippen molar-refractivity contribution >= 4 is 50.6 Å². The summed E-state index contributed by atoms with van der Waals surface area (Å²) in [5.41, 5.74) is 4.61. The van der Waals surface area contributed by atoms with Gasteiger partial charge in [0.1, 0.15) is 0 Å². The van der Waals surface area contributed by atoms with Gasteiger partial charge in [-0.2, -0.15) is 0 Å². The lowest BCUT2D eigenvalue weighted by atomic mass is 9.90. The molecule has 6 heteroatoms. The Morgan fingerprint density at radius 3 is 2.82 bits per heavy atom. The number of fused-ring (bicyclic) bond motifs is 3. The quantitative estimate of drug-likeness (QED) is 0.325. The molecule has 0 unspecified atom stereocenters. The molecule has 0 aliphatic heterocycles. The highest BCUT2D eigenvalue weighted by atomic mass is 32.1. The third-order valence-corrected chi connectivity index (χ3v) is 6.70. The molecular formula is C22H18N2O2S2. The Bertz CT molecular complexity index is 1270. The molecule has 0 fully saturated rings. The molecule has 2 aromatic carbocycles. The molecule has 0 bridgehead atoms. The average molecular weight is 407 g/mol. The molecular weight excluding hydrogens is 388 g/mol. The third-order valence-electron chi connectivity index (χ3n) is 5.27. The minimum atomic E-state index is -0.297. The molecule has 0 saturated carbocycles. The van der Waals surface area contributed by atoms with E-state index in [-0.39, 0.29) is 12.7 Å². The molecule has 28 heavy (non-hydrogen) atoms. The molecule has 0 amide bonds. The summed E-state index contributed by atoms with van der Waals surface area (Å²) in [5.74, 6) is -0.297. The van der Waals surface area contributed by atoms with Crippen LogP contribution in [0.3, 0.4) is 0 Å². The standard InChI is InChI=1S/C22H18N2O2S2/c25-21(26-13-24-18-11-5-6-12-19(18)28-22(24)27)20-14-7-1-3-9-16(14)23-17-10-4-2-8-15(17)20/h1,3,5-7,9,11-12H,2,4,8,10,13H2. The second kappa shape index (κ2) is 7.11. The van der Waals surface area contributed by atoms with Gasteiger partial charge in [-0.3, -0.25) is 9.55 Å². The molecule has 4 aromatic rings. The molecule has 0 radical (unpaired) electrons. The van der Waals surface area contributed by atoms with Crippen molar-refractivity contribution in [3.05, 3.63) is 69.3 Å². The lowest BCUT2D eigenvalue weighted by molar-refractivity contribution is 0.0379. The summed E-state index contributed by atoms with van der Waals surface area (Å²) in [6.07, 6.45) is 3.98. The zero-order valence-corrected chi connectivity index (χ0v) is 16.8. The molecule has 1 aliphatic carbocycles. The topological polar surface area (TPSA) is 44.1 Å². The lowest BCUT2D eigenvalue weighted by Crippen LogP contribution is -2.17. The van der Waals surface area contributed by atoms with Crippen molar-refractivity contribution in [2.24, 2.45) is 0 Å². The number of benzene rings is 2. The van der Waals surface area contributed by atoms with E-state index in [2.05, 4.69) is 0 Å². The van der Waals surface area contributed by atoms with E-state index < -0.39 is 0 Å². The molecule has 0 N–H and O–H groups in total. The van der Waals surface area contributed by atoms with Crippen LogP contribution in [0.1, 0.15) is 34.5 Å². The minimum absolute atomic E-state index is 0.118. The van der Waals surface area contributed by atoms with Crippen LogP contribution in [-0.2, 0) is 24.3 Å². The Kier molecular flexibility index (Phi) is 4.45. The number of ether oxygens (including phenoxy) is 1. The maximum atomic E-state index is 13.2. The van der Waals surface area contributed by atoms with Crippen LogP contribution < -0.4 is 0 Å². The Labute approximate surface area is 171 Å². The Morgan fingerprint density at radius 2 is 1.89 bits per heavy atom. The number of hydrogen-bond donors (Lipinski definition) is 0. The van der Waals surface area contributed by atoms with Gasteiger partial charge in [0, 0.05) is 11.1 Å². The number of esters is 1. The Balaban J connectivity index is 1.54. The van der Waals surface area contributed by atoms with Crippen molar-refractivity contribution < 1.29 is 9.53 Å². The first-order valence-electron chi connectivity index (χ1n) is 9.38. The Hall–Kier alpha value is -2.57. The molecule has 2 aromatic heterocycles. The van der Waals surface area contributed by atoms with Gasteiger partial charge in [-0.15, -0.1) is 11.3 Å². The average Bonchev–Trinajstić information content (AvgIpc) is 3.05. The number of aromatic nitrogens is 2. The van der Waals surface area contributed by atoms with Gasteiger partial charge in [-0.05, 0) is 61.7 Å². The maximum absolute atomic E-state index is 13.2. The van der Waals surface area contributed by atoms with E-state index in [1.807, 2.05) is 53.1 Å². The van der Waals surface area contributed by atoms with Crippen molar-refractivity contribution in [2.75, 3.05) is 0 Å². The molecule has 4 nitrogen and oxygen atoms in total. The largest absolute Gasteiger partial charge is 0.440 e. The SMILES string of the molecule is O=C(OCn1c(=S)sc2ccccc21)c1c2c(nc3ccccc13)CCCC2. The zero-order valence-electron chi connectivity index (χ0n) is 15.2. The number of nitrogens with zero attached hydrogens (tertiary/aromatic N) is 2. The zero-order chi connectivity index (χ0) is 19.1. The highest BCUT2D eigenvalue weighted by Crippen LogP contribution is 2.30. The van der Waals surface area contributed by atoms with Crippen LogP contribution in [0.5, 0.6) is 0 Å². The fraction of sp³-hybridized carbons (Fsp3) is 0.227. The van der Waals surface area contributed by atoms with Crippen LogP contribution in [-0.4, -0.2) is 15.5 Å². The van der Waals surface area contributed by atoms with E-state index in [4.69, 9.17) is 21.9 Å². The fourth-order valence-corrected chi connectivity index (χ4v) is 5.24. The number of thiazole rings is 1. The van der Waals surface area contributed by atoms with Crippen molar-refractivity contribution in [1.29, 1.82) is 0 Å². The predicted octanol–water partition coefficient (Wildman–Crippen LogP) is 5.67. The first kappa shape index (κ1) is 17.5. The highest BCUT2D eigenvalue weighted by molar-refractivity contribution is 7.73. The summed E-state index contributed by atoms with van der Waals surface area (Å²) < 4.78 is 9.45. The van der Waals surface area contributed by atoms with Crippen LogP contribution in [0.15, 0.2) is 48.5 Å². The van der Waals surface area contributed by atoms with Gasteiger partial charge in [-0.25, -0.2) is 4.79 Å². The van der Waals surface area contributed by atoms with Gasteiger partial charge in [0.05, 0.1) is 21.3 Å². The number of pyridine rings is 1. The van der Waals surface area contributed by atoms with E-state index in [0.717, 1.165) is 58.1 Å². The smallest absolute Gasteiger partial charge is 0.340 e. The maximum Gasteiger partial charge on any atom is 0.340 e. The molecule has 0 spiro atoms. The molecule has 1 aliphatic rings. The highest BCUT2D eigenvalue weighted by Gasteiger charge is 2.23. The number of carbonyl (C=O) groups excluding carboxylic acids is 1. The van der Waals surface area contributed by atoms with Gasteiger partial charge in [0.25, 0.3) is 0 Å². The summed E-state index contributed by atoms with van der Waals surface area (Å²) in [5, 5.41) is 0.868. The predicted molar refractivity (Wildman–Crippen MR) is 114 cm³/mol. The van der Waals surface area contributed by atoms with Gasteiger partial charge in [-0.1, -0.05) is 30.3 Å². The van der Waals surface area contributed by atoms with Gasteiger partial charge < -0.3 is 4.74 Å². The van der Waals surface area contributed by atoms with Gasteiger partial charge >= 0.3 is 5.97 Å². The summed E-state index contributed by atoms with van der Waals surface area (Å²) in [7, 11) is 0. The summed E-state index contributed by atoms with van der Waals surface area (Å²) in [4.78, 5) is 18.0. The van der Waals surface area contributed by atoms with E-state index >= 15 is 0 Å². The lowest BCUT2D eigenvalue weighted by Gasteiger charge is -2.20. The van der Waals surface area contributed by atoms with E-state index in [9.17, 15) is 4.79 Å².